The summed E-state index contributed by atoms with van der Waals surface area (Å²) in [5.74, 6) is 0.500. The van der Waals surface area contributed by atoms with E-state index in [1.807, 2.05) is 37.3 Å². The second kappa shape index (κ2) is 9.41. The van der Waals surface area contributed by atoms with E-state index in [1.54, 1.807) is 26.1 Å². The minimum absolute atomic E-state index is 0.0550. The molecule has 1 aliphatic heterocycles. The lowest BCUT2D eigenvalue weighted by Gasteiger charge is -2.28. The summed E-state index contributed by atoms with van der Waals surface area (Å²) in [4.78, 5) is 17.9. The number of rotatable bonds is 5. The minimum atomic E-state index is -0.203. The van der Waals surface area contributed by atoms with Crippen molar-refractivity contribution >= 4 is 17.6 Å². The first-order chi connectivity index (χ1) is 14.0. The Hall–Kier alpha value is -3.09. The number of nitrogens with zero attached hydrogens (tertiary/aromatic N) is 2. The van der Waals surface area contributed by atoms with E-state index in [0.717, 1.165) is 23.4 Å². The fraction of sp³-hybridized carbons (Fsp3) is 0.364. The van der Waals surface area contributed by atoms with Gasteiger partial charge in [0.1, 0.15) is 5.82 Å². The van der Waals surface area contributed by atoms with Crippen molar-refractivity contribution in [3.05, 3.63) is 65.0 Å². The lowest BCUT2D eigenvalue weighted by Crippen LogP contribution is -2.47. The molecule has 3 N–H and O–H groups in total. The van der Waals surface area contributed by atoms with Gasteiger partial charge in [0.2, 0.25) is 5.91 Å². The predicted octanol–water partition coefficient (Wildman–Crippen LogP) is 2.50. The van der Waals surface area contributed by atoms with Gasteiger partial charge in [0.05, 0.1) is 12.6 Å². The van der Waals surface area contributed by atoms with E-state index in [2.05, 4.69) is 25.8 Å². The highest BCUT2D eigenvalue weighted by Gasteiger charge is 2.16. The molecule has 1 unspecified atom stereocenters. The normalized spacial score (nSPS) is 15.7. The first kappa shape index (κ1) is 20.6. The molecule has 6 nitrogen and oxygen atoms in total. The Bertz CT molecular complexity index is 881. The molecule has 0 spiro atoms. The van der Waals surface area contributed by atoms with Crippen LogP contribution in [0.15, 0.2) is 47.5 Å². The molecule has 1 aliphatic rings. The second-order valence-electron chi connectivity index (χ2n) is 7.24. The highest BCUT2D eigenvalue weighted by Crippen LogP contribution is 2.17. The van der Waals surface area contributed by atoms with Crippen LogP contribution >= 0.6 is 0 Å². The fourth-order valence-electron chi connectivity index (χ4n) is 3.23. The van der Waals surface area contributed by atoms with Crippen molar-refractivity contribution in [2.24, 2.45) is 4.99 Å². The smallest absolute Gasteiger partial charge is 0.239 e. The Morgan fingerprint density at radius 1 is 1.28 bits per heavy atom. The van der Waals surface area contributed by atoms with E-state index in [-0.39, 0.29) is 17.8 Å². The average Bonchev–Trinajstić information content (AvgIpc) is 2.73. The topological polar surface area (TPSA) is 68.8 Å². The molecule has 1 saturated heterocycles. The van der Waals surface area contributed by atoms with Gasteiger partial charge >= 0.3 is 0 Å². The molecule has 7 heteroatoms. The van der Waals surface area contributed by atoms with Gasteiger partial charge in [0.15, 0.2) is 5.96 Å². The highest BCUT2D eigenvalue weighted by molar-refractivity contribution is 5.82. The molecule has 0 saturated carbocycles. The maximum Gasteiger partial charge on any atom is 0.239 e. The van der Waals surface area contributed by atoms with E-state index < -0.39 is 0 Å². The number of benzene rings is 2. The largest absolute Gasteiger partial charge is 0.360 e. The molecule has 29 heavy (non-hydrogen) atoms. The zero-order valence-corrected chi connectivity index (χ0v) is 17.1. The monoisotopic (exact) mass is 397 g/mol. The van der Waals surface area contributed by atoms with Gasteiger partial charge in [0.25, 0.3) is 0 Å². The number of nitrogens with one attached hydrogen (secondary N) is 3. The number of piperazine rings is 1. The lowest BCUT2D eigenvalue weighted by atomic mass is 10.1. The van der Waals surface area contributed by atoms with Gasteiger partial charge in [-0.15, -0.1) is 0 Å². The molecule has 1 fully saturated rings. The van der Waals surface area contributed by atoms with Crippen molar-refractivity contribution in [3.8, 4) is 0 Å². The van der Waals surface area contributed by atoms with Crippen molar-refractivity contribution < 1.29 is 9.18 Å². The van der Waals surface area contributed by atoms with Crippen LogP contribution in [0.1, 0.15) is 29.7 Å². The third-order valence-electron chi connectivity index (χ3n) is 5.07. The van der Waals surface area contributed by atoms with Crippen LogP contribution in [-0.2, 0) is 11.3 Å². The Morgan fingerprint density at radius 3 is 2.69 bits per heavy atom. The zero-order chi connectivity index (χ0) is 20.8. The van der Waals surface area contributed by atoms with Crippen LogP contribution in [0.2, 0.25) is 0 Å². The summed E-state index contributed by atoms with van der Waals surface area (Å²) >= 11 is 0. The molecule has 0 bridgehead atoms. The number of halogens is 1. The molecule has 0 aliphatic carbocycles. The summed E-state index contributed by atoms with van der Waals surface area (Å²) in [7, 11) is 1.71. The average molecular weight is 397 g/mol. The third-order valence-corrected chi connectivity index (χ3v) is 5.07. The van der Waals surface area contributed by atoms with Gasteiger partial charge in [-0.1, -0.05) is 24.3 Å². The first-order valence-electron chi connectivity index (χ1n) is 9.80. The van der Waals surface area contributed by atoms with Gasteiger partial charge in [-0.3, -0.25) is 9.79 Å². The number of aliphatic imine (C=N–C) groups is 1. The maximum absolute atomic E-state index is 13.8. The summed E-state index contributed by atoms with van der Waals surface area (Å²) < 4.78 is 13.8. The number of aryl methyl sites for hydroxylation is 1. The number of carbonyl (C=O) groups is 1. The van der Waals surface area contributed by atoms with Crippen molar-refractivity contribution in [3.63, 3.8) is 0 Å². The quantitative estimate of drug-likeness (QED) is 0.536. The molecule has 2 aromatic rings. The molecular weight excluding hydrogens is 369 g/mol. The number of hydrogen-bond acceptors (Lipinski definition) is 3. The van der Waals surface area contributed by atoms with Gasteiger partial charge in [-0.05, 0) is 48.7 Å². The lowest BCUT2D eigenvalue weighted by molar-refractivity contribution is -0.120. The summed E-state index contributed by atoms with van der Waals surface area (Å²) in [5, 5.41) is 9.41. The molecule has 154 valence electrons. The van der Waals surface area contributed by atoms with Gasteiger partial charge in [-0.2, -0.15) is 0 Å². The summed E-state index contributed by atoms with van der Waals surface area (Å²) in [6.45, 7) is 6.22. The van der Waals surface area contributed by atoms with Crippen LogP contribution in [-0.4, -0.2) is 38.5 Å². The van der Waals surface area contributed by atoms with Crippen LogP contribution in [0.4, 0.5) is 10.1 Å². The second-order valence-corrected chi connectivity index (χ2v) is 7.24. The Labute approximate surface area is 171 Å². The van der Waals surface area contributed by atoms with Crippen LogP contribution in [0, 0.1) is 12.7 Å². The fourth-order valence-corrected chi connectivity index (χ4v) is 3.23. The van der Waals surface area contributed by atoms with Crippen molar-refractivity contribution in [1.82, 2.24) is 16.0 Å². The van der Waals surface area contributed by atoms with E-state index in [4.69, 9.17) is 0 Å². The SMILES string of the molecule is CN=C(NCc1ccc(N2CCNC(=O)C2)cc1)NC(C)c1ccc(C)c(F)c1. The molecule has 1 atom stereocenters. The molecule has 0 radical (unpaired) electrons. The summed E-state index contributed by atoms with van der Waals surface area (Å²) in [5.41, 5.74) is 3.65. The number of anilines is 1. The first-order valence-corrected chi connectivity index (χ1v) is 9.80. The van der Waals surface area contributed by atoms with Crippen molar-refractivity contribution in [2.45, 2.75) is 26.4 Å². The van der Waals surface area contributed by atoms with Gasteiger partial charge < -0.3 is 20.9 Å². The standard InChI is InChI=1S/C22H28FN5O/c1-15-4-7-18(12-20(15)23)16(2)27-22(24-3)26-13-17-5-8-19(9-6-17)28-11-10-25-21(29)14-28/h4-9,12,16H,10-11,13-14H2,1-3H3,(H,25,29)(H2,24,26,27). The summed E-state index contributed by atoms with van der Waals surface area (Å²) in [6, 6.07) is 13.3. The van der Waals surface area contributed by atoms with Crippen LogP contribution < -0.4 is 20.9 Å². The Balaban J connectivity index is 1.55. The van der Waals surface area contributed by atoms with E-state index in [9.17, 15) is 9.18 Å². The third kappa shape index (κ3) is 5.47. The van der Waals surface area contributed by atoms with Crippen LogP contribution in [0.25, 0.3) is 0 Å². The molecule has 0 aromatic heterocycles. The van der Waals surface area contributed by atoms with E-state index in [1.165, 1.54) is 0 Å². The van der Waals surface area contributed by atoms with Crippen molar-refractivity contribution in [2.75, 3.05) is 31.6 Å². The highest BCUT2D eigenvalue weighted by atomic mass is 19.1. The van der Waals surface area contributed by atoms with Crippen LogP contribution in [0.3, 0.4) is 0 Å². The Morgan fingerprint density at radius 2 is 2.03 bits per heavy atom. The van der Waals surface area contributed by atoms with Crippen molar-refractivity contribution in [1.29, 1.82) is 0 Å². The number of amides is 1. The molecule has 2 aromatic carbocycles. The molecule has 3 rings (SSSR count). The Kier molecular flexibility index (Phi) is 6.69. The molecular formula is C22H28FN5O. The molecule has 1 amide bonds. The van der Waals surface area contributed by atoms with E-state index >= 15 is 0 Å². The zero-order valence-electron chi connectivity index (χ0n) is 17.1. The van der Waals surface area contributed by atoms with Gasteiger partial charge in [-0.25, -0.2) is 4.39 Å². The number of carbonyl (C=O) groups excluding carboxylic acids is 1. The van der Waals surface area contributed by atoms with E-state index in [0.29, 0.717) is 31.2 Å². The van der Waals surface area contributed by atoms with Crippen LogP contribution in [0.5, 0.6) is 0 Å². The minimum Gasteiger partial charge on any atom is -0.360 e. The number of hydrogen-bond donors (Lipinski definition) is 3. The maximum atomic E-state index is 13.8. The predicted molar refractivity (Wildman–Crippen MR) is 115 cm³/mol. The number of guanidine groups is 1. The summed E-state index contributed by atoms with van der Waals surface area (Å²) in [6.07, 6.45) is 0. The van der Waals surface area contributed by atoms with Gasteiger partial charge in [0, 0.05) is 32.4 Å². The molecule has 1 heterocycles.